The number of benzene rings is 4. The van der Waals surface area contributed by atoms with Crippen molar-refractivity contribution in [2.45, 2.75) is 6.04 Å². The number of nitrogens with one attached hydrogen (secondary N) is 1. The van der Waals surface area contributed by atoms with Gasteiger partial charge in [-0.15, -0.1) is 0 Å². The first-order valence-corrected chi connectivity index (χ1v) is 10.9. The molecule has 1 aromatic heterocycles. The number of rotatable bonds is 4. The van der Waals surface area contributed by atoms with E-state index in [-0.39, 0.29) is 11.8 Å². The average molecular weight is 451 g/mol. The number of phenols is 1. The maximum Gasteiger partial charge on any atom is 0.184 e. The maximum absolute atomic E-state index is 10.9. The van der Waals surface area contributed by atoms with Crippen molar-refractivity contribution in [2.75, 3.05) is 5.32 Å². The molecule has 0 spiro atoms. The fourth-order valence-electron chi connectivity index (χ4n) is 3.66. The Labute approximate surface area is 187 Å². The molecule has 30 heavy (non-hydrogen) atoms. The third-order valence-corrected chi connectivity index (χ3v) is 6.78. The predicted octanol–water partition coefficient (Wildman–Crippen LogP) is 7.66. The number of hydrogen-bond donors (Lipinski definition) is 2. The summed E-state index contributed by atoms with van der Waals surface area (Å²) in [6, 6.07) is 24.8. The van der Waals surface area contributed by atoms with Crippen LogP contribution in [0.25, 0.3) is 21.0 Å². The van der Waals surface area contributed by atoms with Crippen LogP contribution in [0.4, 0.5) is 5.13 Å². The molecule has 0 saturated carbocycles. The molecule has 0 radical (unpaired) electrons. The summed E-state index contributed by atoms with van der Waals surface area (Å²) in [7, 11) is 0. The normalized spacial score (nSPS) is 12.3. The van der Waals surface area contributed by atoms with Gasteiger partial charge in [-0.05, 0) is 46.7 Å². The molecule has 148 valence electrons. The van der Waals surface area contributed by atoms with Gasteiger partial charge in [-0.3, -0.25) is 0 Å². The van der Waals surface area contributed by atoms with Crippen LogP contribution in [0.2, 0.25) is 10.0 Å². The molecule has 0 fully saturated rings. The lowest BCUT2D eigenvalue weighted by molar-refractivity contribution is 0.468. The van der Waals surface area contributed by atoms with Gasteiger partial charge in [0.1, 0.15) is 5.75 Å². The quantitative estimate of drug-likeness (QED) is 0.295. The summed E-state index contributed by atoms with van der Waals surface area (Å²) in [5.74, 6) is 0.207. The van der Waals surface area contributed by atoms with Gasteiger partial charge in [0, 0.05) is 5.56 Å². The molecule has 3 nitrogen and oxygen atoms in total. The second-order valence-corrected chi connectivity index (χ2v) is 8.80. The first-order chi connectivity index (χ1) is 14.6. The van der Waals surface area contributed by atoms with E-state index < -0.39 is 0 Å². The number of hydrogen-bond acceptors (Lipinski definition) is 4. The topological polar surface area (TPSA) is 45.1 Å². The minimum absolute atomic E-state index is 0.207. The molecular weight excluding hydrogens is 435 g/mol. The minimum atomic E-state index is -0.369. The number of aromatic nitrogens is 1. The van der Waals surface area contributed by atoms with Crippen molar-refractivity contribution in [3.8, 4) is 5.75 Å². The lowest BCUT2D eigenvalue weighted by Gasteiger charge is -2.22. The van der Waals surface area contributed by atoms with Crippen LogP contribution in [0.3, 0.4) is 0 Å². The van der Waals surface area contributed by atoms with Crippen LogP contribution in [0.1, 0.15) is 17.2 Å². The SMILES string of the molecule is Oc1ccc2ccccc2c1C(Nc1nc2ccccc2s1)c1ccc(Cl)c(Cl)c1. The van der Waals surface area contributed by atoms with Crippen LogP contribution < -0.4 is 5.32 Å². The van der Waals surface area contributed by atoms with E-state index >= 15 is 0 Å². The fraction of sp³-hybridized carbons (Fsp3) is 0.0417. The average Bonchev–Trinajstić information content (AvgIpc) is 3.17. The molecule has 1 unspecified atom stereocenters. The number of para-hydroxylation sites is 1. The Bertz CT molecular complexity index is 1350. The van der Waals surface area contributed by atoms with Crippen LogP contribution in [0.15, 0.2) is 78.9 Å². The summed E-state index contributed by atoms with van der Waals surface area (Å²) in [5.41, 5.74) is 2.58. The zero-order chi connectivity index (χ0) is 20.7. The number of aromatic hydroxyl groups is 1. The van der Waals surface area contributed by atoms with E-state index in [2.05, 4.69) is 5.32 Å². The monoisotopic (exact) mass is 450 g/mol. The highest BCUT2D eigenvalue weighted by Crippen LogP contribution is 2.40. The molecule has 0 aliphatic rings. The van der Waals surface area contributed by atoms with Gasteiger partial charge in [-0.25, -0.2) is 4.98 Å². The van der Waals surface area contributed by atoms with Gasteiger partial charge in [0.15, 0.2) is 5.13 Å². The molecule has 1 atom stereocenters. The smallest absolute Gasteiger partial charge is 0.184 e. The van der Waals surface area contributed by atoms with Crippen molar-refractivity contribution in [2.24, 2.45) is 0 Å². The van der Waals surface area contributed by atoms with Gasteiger partial charge in [-0.2, -0.15) is 0 Å². The second-order valence-electron chi connectivity index (χ2n) is 6.96. The number of nitrogens with zero attached hydrogens (tertiary/aromatic N) is 1. The molecule has 6 heteroatoms. The second kappa shape index (κ2) is 7.80. The zero-order valence-electron chi connectivity index (χ0n) is 15.6. The van der Waals surface area contributed by atoms with E-state index in [1.165, 1.54) is 0 Å². The van der Waals surface area contributed by atoms with Crippen LogP contribution in [-0.4, -0.2) is 10.1 Å². The van der Waals surface area contributed by atoms with Crippen molar-refractivity contribution in [3.63, 3.8) is 0 Å². The first-order valence-electron chi connectivity index (χ1n) is 9.38. The molecule has 0 bridgehead atoms. The third-order valence-electron chi connectivity index (χ3n) is 5.08. The molecule has 0 aliphatic carbocycles. The highest BCUT2D eigenvalue weighted by atomic mass is 35.5. The van der Waals surface area contributed by atoms with Crippen LogP contribution >= 0.6 is 34.5 Å². The van der Waals surface area contributed by atoms with Gasteiger partial charge in [-0.1, -0.05) is 83.1 Å². The Balaban J connectivity index is 1.70. The summed E-state index contributed by atoms with van der Waals surface area (Å²) in [6.07, 6.45) is 0. The van der Waals surface area contributed by atoms with E-state index in [9.17, 15) is 5.11 Å². The van der Waals surface area contributed by atoms with Crippen molar-refractivity contribution >= 4 is 60.7 Å². The Kier molecular flexibility index (Phi) is 4.99. The van der Waals surface area contributed by atoms with Crippen molar-refractivity contribution in [1.29, 1.82) is 0 Å². The van der Waals surface area contributed by atoms with Crippen molar-refractivity contribution < 1.29 is 5.11 Å². The lowest BCUT2D eigenvalue weighted by Crippen LogP contribution is -2.13. The van der Waals surface area contributed by atoms with E-state index in [0.29, 0.717) is 10.0 Å². The molecular formula is C24H16Cl2N2OS. The summed E-state index contributed by atoms with van der Waals surface area (Å²) in [5, 5.41) is 18.1. The Morgan fingerprint density at radius 3 is 2.50 bits per heavy atom. The molecule has 4 aromatic carbocycles. The summed E-state index contributed by atoms with van der Waals surface area (Å²) in [4.78, 5) is 4.72. The van der Waals surface area contributed by atoms with E-state index in [4.69, 9.17) is 28.2 Å². The standard InChI is InChI=1S/C24H16Cl2N2OS/c25-17-11-9-15(13-18(17)26)23(28-24-27-19-7-3-4-8-21(19)30-24)22-16-6-2-1-5-14(16)10-12-20(22)29/h1-13,23,29H,(H,27,28). The number of fused-ring (bicyclic) bond motifs is 2. The van der Waals surface area contributed by atoms with E-state index in [0.717, 1.165) is 37.2 Å². The van der Waals surface area contributed by atoms with Crippen LogP contribution in [-0.2, 0) is 0 Å². The van der Waals surface area contributed by atoms with E-state index in [1.54, 1.807) is 23.5 Å². The molecule has 5 rings (SSSR count). The largest absolute Gasteiger partial charge is 0.508 e. The zero-order valence-corrected chi connectivity index (χ0v) is 18.0. The Hall–Kier alpha value is -2.79. The van der Waals surface area contributed by atoms with Gasteiger partial charge in [0.25, 0.3) is 0 Å². The van der Waals surface area contributed by atoms with Crippen LogP contribution in [0, 0.1) is 0 Å². The number of phenolic OH excluding ortho intramolecular Hbond substituents is 1. The Morgan fingerprint density at radius 2 is 1.67 bits per heavy atom. The van der Waals surface area contributed by atoms with E-state index in [1.807, 2.05) is 66.7 Å². The molecule has 1 heterocycles. The first kappa shape index (κ1) is 19.2. The predicted molar refractivity (Wildman–Crippen MR) is 127 cm³/mol. The molecule has 2 N–H and O–H groups in total. The molecule has 0 saturated heterocycles. The van der Waals surface area contributed by atoms with Crippen molar-refractivity contribution in [3.05, 3.63) is 100 Å². The number of thiazole rings is 1. The van der Waals surface area contributed by atoms with Gasteiger partial charge in [0.05, 0.1) is 26.3 Å². The highest BCUT2D eigenvalue weighted by molar-refractivity contribution is 7.22. The Morgan fingerprint density at radius 1 is 0.867 bits per heavy atom. The summed E-state index contributed by atoms with van der Waals surface area (Å²) < 4.78 is 1.09. The van der Waals surface area contributed by atoms with Crippen LogP contribution in [0.5, 0.6) is 5.75 Å². The van der Waals surface area contributed by atoms with Gasteiger partial charge >= 0.3 is 0 Å². The minimum Gasteiger partial charge on any atom is -0.508 e. The fourth-order valence-corrected chi connectivity index (χ4v) is 4.86. The van der Waals surface area contributed by atoms with Crippen molar-refractivity contribution in [1.82, 2.24) is 4.98 Å². The molecule has 5 aromatic rings. The summed E-state index contributed by atoms with van der Waals surface area (Å²) >= 11 is 14.1. The summed E-state index contributed by atoms with van der Waals surface area (Å²) in [6.45, 7) is 0. The maximum atomic E-state index is 10.9. The third kappa shape index (κ3) is 3.47. The molecule has 0 aliphatic heterocycles. The lowest BCUT2D eigenvalue weighted by atomic mass is 9.93. The molecule has 0 amide bonds. The highest BCUT2D eigenvalue weighted by Gasteiger charge is 2.22. The van der Waals surface area contributed by atoms with Gasteiger partial charge in [0.2, 0.25) is 0 Å². The number of halogens is 2. The van der Waals surface area contributed by atoms with Gasteiger partial charge < -0.3 is 10.4 Å². The number of anilines is 1.